The summed E-state index contributed by atoms with van der Waals surface area (Å²) in [6.45, 7) is 0. The van der Waals surface area contributed by atoms with Crippen molar-refractivity contribution in [1.82, 2.24) is 0 Å². The molecule has 1 N–H and O–H groups in total. The van der Waals surface area contributed by atoms with Gasteiger partial charge in [-0.1, -0.05) is 23.7 Å². The molecule has 16 heavy (non-hydrogen) atoms. The van der Waals surface area contributed by atoms with Gasteiger partial charge in [-0.05, 0) is 35.9 Å². The van der Waals surface area contributed by atoms with Crippen LogP contribution >= 0.6 is 11.6 Å². The molecule has 0 fully saturated rings. The molecular weight excluding hydrogens is 224 g/mol. The minimum Gasteiger partial charge on any atom is -0.508 e. The minimum atomic E-state index is 0.244. The Morgan fingerprint density at radius 1 is 1.06 bits per heavy atom. The van der Waals surface area contributed by atoms with Gasteiger partial charge in [-0.15, -0.1) is 0 Å². The first-order valence-electron chi connectivity index (χ1n) is 4.83. The standard InChI is InChI=1S/C13H11ClO2/c1-16-11-6-7-12(13(14)8-11)9-2-4-10(15)5-3-9/h2-8,15H,1H3. The normalized spacial score (nSPS) is 10.1. The maximum Gasteiger partial charge on any atom is 0.120 e. The zero-order valence-electron chi connectivity index (χ0n) is 8.77. The number of aromatic hydroxyl groups is 1. The Bertz CT molecular complexity index is 492. The highest BCUT2D eigenvalue weighted by atomic mass is 35.5. The largest absolute Gasteiger partial charge is 0.508 e. The Morgan fingerprint density at radius 2 is 1.75 bits per heavy atom. The average molecular weight is 235 g/mol. The fourth-order valence-electron chi connectivity index (χ4n) is 1.50. The summed E-state index contributed by atoms with van der Waals surface area (Å²) in [4.78, 5) is 0. The van der Waals surface area contributed by atoms with Gasteiger partial charge >= 0.3 is 0 Å². The molecule has 0 unspecified atom stereocenters. The first kappa shape index (κ1) is 10.8. The molecule has 0 saturated carbocycles. The zero-order valence-corrected chi connectivity index (χ0v) is 9.53. The van der Waals surface area contributed by atoms with Crippen molar-refractivity contribution in [2.24, 2.45) is 0 Å². The lowest BCUT2D eigenvalue weighted by Crippen LogP contribution is -1.84. The van der Waals surface area contributed by atoms with Crippen molar-refractivity contribution in [2.45, 2.75) is 0 Å². The molecule has 0 radical (unpaired) electrons. The van der Waals surface area contributed by atoms with Gasteiger partial charge in [0.1, 0.15) is 11.5 Å². The van der Waals surface area contributed by atoms with E-state index in [1.165, 1.54) is 0 Å². The molecule has 3 heteroatoms. The van der Waals surface area contributed by atoms with Crippen LogP contribution in [0.15, 0.2) is 42.5 Å². The van der Waals surface area contributed by atoms with Gasteiger partial charge in [-0.25, -0.2) is 0 Å². The van der Waals surface area contributed by atoms with Crippen LogP contribution < -0.4 is 4.74 Å². The molecule has 0 aliphatic heterocycles. The Kier molecular flexibility index (Phi) is 3.02. The highest BCUT2D eigenvalue weighted by Gasteiger charge is 2.04. The number of hydrogen-bond acceptors (Lipinski definition) is 2. The van der Waals surface area contributed by atoms with E-state index in [1.807, 2.05) is 24.3 Å². The number of ether oxygens (including phenoxy) is 1. The number of methoxy groups -OCH3 is 1. The van der Waals surface area contributed by atoms with Crippen LogP contribution in [-0.4, -0.2) is 12.2 Å². The molecule has 2 aromatic rings. The minimum absolute atomic E-state index is 0.244. The zero-order chi connectivity index (χ0) is 11.5. The van der Waals surface area contributed by atoms with Crippen molar-refractivity contribution < 1.29 is 9.84 Å². The summed E-state index contributed by atoms with van der Waals surface area (Å²) in [5, 5.41) is 9.83. The number of phenols is 1. The predicted octanol–water partition coefficient (Wildman–Crippen LogP) is 3.72. The fourth-order valence-corrected chi connectivity index (χ4v) is 1.78. The number of phenolic OH excluding ortho intramolecular Hbond substituents is 1. The van der Waals surface area contributed by atoms with Gasteiger partial charge in [-0.2, -0.15) is 0 Å². The third kappa shape index (κ3) is 2.12. The Balaban J connectivity index is 2.44. The molecule has 0 atom stereocenters. The Labute approximate surface area is 99.1 Å². The van der Waals surface area contributed by atoms with Gasteiger partial charge in [0.05, 0.1) is 12.1 Å². The lowest BCUT2D eigenvalue weighted by atomic mass is 10.1. The number of rotatable bonds is 2. The van der Waals surface area contributed by atoms with Gasteiger partial charge in [0.15, 0.2) is 0 Å². The van der Waals surface area contributed by atoms with E-state index in [0.717, 1.165) is 16.9 Å². The molecule has 0 bridgehead atoms. The van der Waals surface area contributed by atoms with E-state index in [2.05, 4.69) is 0 Å². The molecule has 2 nitrogen and oxygen atoms in total. The summed E-state index contributed by atoms with van der Waals surface area (Å²) in [5.41, 5.74) is 1.88. The highest BCUT2D eigenvalue weighted by molar-refractivity contribution is 6.33. The number of benzene rings is 2. The van der Waals surface area contributed by atoms with Crippen molar-refractivity contribution in [3.05, 3.63) is 47.5 Å². The van der Waals surface area contributed by atoms with Crippen molar-refractivity contribution >= 4 is 11.6 Å². The molecule has 0 saturated heterocycles. The second-order valence-electron chi connectivity index (χ2n) is 3.39. The number of halogens is 1. The van der Waals surface area contributed by atoms with Gasteiger partial charge in [0.2, 0.25) is 0 Å². The summed E-state index contributed by atoms with van der Waals surface area (Å²) < 4.78 is 5.08. The lowest BCUT2D eigenvalue weighted by Gasteiger charge is -2.06. The maximum atomic E-state index is 9.20. The van der Waals surface area contributed by atoms with Crippen LogP contribution in [0.25, 0.3) is 11.1 Å². The van der Waals surface area contributed by atoms with Crippen LogP contribution in [0.5, 0.6) is 11.5 Å². The predicted molar refractivity (Wildman–Crippen MR) is 65.1 cm³/mol. The molecule has 0 aromatic heterocycles. The van der Waals surface area contributed by atoms with Crippen molar-refractivity contribution in [2.75, 3.05) is 7.11 Å². The van der Waals surface area contributed by atoms with Gasteiger partial charge < -0.3 is 9.84 Å². The molecule has 0 aliphatic carbocycles. The molecule has 0 heterocycles. The van der Waals surface area contributed by atoms with Crippen LogP contribution in [-0.2, 0) is 0 Å². The molecular formula is C13H11ClO2. The second-order valence-corrected chi connectivity index (χ2v) is 3.80. The average Bonchev–Trinajstić information content (AvgIpc) is 2.30. The van der Waals surface area contributed by atoms with Crippen molar-refractivity contribution in [3.63, 3.8) is 0 Å². The molecule has 2 rings (SSSR count). The van der Waals surface area contributed by atoms with E-state index in [4.69, 9.17) is 16.3 Å². The molecule has 0 spiro atoms. The van der Waals surface area contributed by atoms with Gasteiger partial charge in [-0.3, -0.25) is 0 Å². The topological polar surface area (TPSA) is 29.5 Å². The second kappa shape index (κ2) is 4.45. The number of hydrogen-bond donors (Lipinski definition) is 1. The monoisotopic (exact) mass is 234 g/mol. The van der Waals surface area contributed by atoms with E-state index in [1.54, 1.807) is 25.3 Å². The Morgan fingerprint density at radius 3 is 2.31 bits per heavy atom. The SMILES string of the molecule is COc1ccc(-c2ccc(O)cc2)c(Cl)c1. The summed E-state index contributed by atoms with van der Waals surface area (Å²) in [6, 6.07) is 12.4. The van der Waals surface area contributed by atoms with E-state index >= 15 is 0 Å². The third-order valence-corrected chi connectivity index (χ3v) is 2.67. The molecule has 82 valence electrons. The smallest absolute Gasteiger partial charge is 0.120 e. The summed E-state index contributed by atoms with van der Waals surface area (Å²) >= 11 is 6.14. The summed E-state index contributed by atoms with van der Waals surface area (Å²) in [5.74, 6) is 0.973. The fraction of sp³-hybridized carbons (Fsp3) is 0.0769. The maximum absolute atomic E-state index is 9.20. The van der Waals surface area contributed by atoms with E-state index < -0.39 is 0 Å². The van der Waals surface area contributed by atoms with E-state index in [-0.39, 0.29) is 5.75 Å². The first-order valence-corrected chi connectivity index (χ1v) is 5.21. The van der Waals surface area contributed by atoms with Crippen LogP contribution in [0.1, 0.15) is 0 Å². The lowest BCUT2D eigenvalue weighted by molar-refractivity contribution is 0.415. The molecule has 0 amide bonds. The summed E-state index contributed by atoms with van der Waals surface area (Å²) in [7, 11) is 1.60. The van der Waals surface area contributed by atoms with Gasteiger partial charge in [0, 0.05) is 5.56 Å². The Hall–Kier alpha value is -1.67. The van der Waals surface area contributed by atoms with E-state index in [9.17, 15) is 5.11 Å². The first-order chi connectivity index (χ1) is 7.70. The van der Waals surface area contributed by atoms with Crippen LogP contribution in [0, 0.1) is 0 Å². The third-order valence-electron chi connectivity index (χ3n) is 2.35. The van der Waals surface area contributed by atoms with Gasteiger partial charge in [0.25, 0.3) is 0 Å². The quantitative estimate of drug-likeness (QED) is 0.858. The van der Waals surface area contributed by atoms with Crippen molar-refractivity contribution in [3.8, 4) is 22.6 Å². The molecule has 2 aromatic carbocycles. The van der Waals surface area contributed by atoms with Crippen LogP contribution in [0.2, 0.25) is 5.02 Å². The molecule has 0 aliphatic rings. The summed E-state index contributed by atoms with van der Waals surface area (Å²) in [6.07, 6.45) is 0. The van der Waals surface area contributed by atoms with Crippen molar-refractivity contribution in [1.29, 1.82) is 0 Å². The highest BCUT2D eigenvalue weighted by Crippen LogP contribution is 2.31. The van der Waals surface area contributed by atoms with E-state index in [0.29, 0.717) is 5.02 Å². The van der Waals surface area contributed by atoms with Crippen LogP contribution in [0.3, 0.4) is 0 Å². The van der Waals surface area contributed by atoms with Crippen LogP contribution in [0.4, 0.5) is 0 Å².